The van der Waals surface area contributed by atoms with Crippen LogP contribution in [0.25, 0.3) is 0 Å². The first-order chi connectivity index (χ1) is 17.5. The van der Waals surface area contributed by atoms with Gasteiger partial charge in [0.25, 0.3) is 0 Å². The van der Waals surface area contributed by atoms with Gasteiger partial charge < -0.3 is 19.9 Å². The van der Waals surface area contributed by atoms with E-state index in [2.05, 4.69) is 89.9 Å². The quantitative estimate of drug-likeness (QED) is 0.434. The summed E-state index contributed by atoms with van der Waals surface area (Å²) in [5, 5.41) is 13.3. The molecule has 3 saturated heterocycles. The Hall–Kier alpha value is -3.35. The maximum absolute atomic E-state index is 11.5. The van der Waals surface area contributed by atoms with Crippen LogP contribution in [0.1, 0.15) is 34.6 Å². The molecule has 2 bridgehead atoms. The van der Waals surface area contributed by atoms with Crippen LogP contribution in [0.4, 0.5) is 4.79 Å². The Morgan fingerprint density at radius 3 is 2.33 bits per heavy atom. The summed E-state index contributed by atoms with van der Waals surface area (Å²) in [4.78, 5) is 14.0. The molecule has 6 rings (SSSR count). The molecule has 0 spiro atoms. The molecule has 0 aromatic heterocycles. The minimum Gasteiger partial charge on any atom is -0.496 e. The van der Waals surface area contributed by atoms with E-state index in [9.17, 15) is 9.90 Å². The second-order valence-electron chi connectivity index (χ2n) is 9.88. The molecule has 1 unspecified atom stereocenters. The second kappa shape index (κ2) is 10.7. The van der Waals surface area contributed by atoms with Crippen molar-refractivity contribution in [2.75, 3.05) is 20.2 Å². The first-order valence-electron chi connectivity index (χ1n) is 12.7. The van der Waals surface area contributed by atoms with E-state index in [4.69, 9.17) is 9.47 Å². The average molecular weight is 487 g/mol. The van der Waals surface area contributed by atoms with Gasteiger partial charge in [-0.15, -0.1) is 0 Å². The third-order valence-corrected chi connectivity index (χ3v) is 7.77. The molecule has 3 aliphatic heterocycles. The minimum atomic E-state index is -1.20. The van der Waals surface area contributed by atoms with Crippen molar-refractivity contribution in [3.05, 3.63) is 101 Å². The molecule has 0 radical (unpaired) electrons. The summed E-state index contributed by atoms with van der Waals surface area (Å²) < 4.78 is 11.1. The van der Waals surface area contributed by atoms with E-state index in [1.165, 1.54) is 16.7 Å². The molecular formula is C30H34N2O4. The van der Waals surface area contributed by atoms with Gasteiger partial charge in [-0.1, -0.05) is 78.4 Å². The van der Waals surface area contributed by atoms with E-state index in [1.807, 2.05) is 6.07 Å². The topological polar surface area (TPSA) is 71.0 Å². The summed E-state index contributed by atoms with van der Waals surface area (Å²) >= 11 is 0. The zero-order chi connectivity index (χ0) is 25.1. The van der Waals surface area contributed by atoms with Crippen LogP contribution >= 0.6 is 0 Å². The summed E-state index contributed by atoms with van der Waals surface area (Å²) in [5.41, 5.74) is 4.80. The van der Waals surface area contributed by atoms with Crippen molar-refractivity contribution in [1.29, 1.82) is 0 Å². The summed E-state index contributed by atoms with van der Waals surface area (Å²) in [6.07, 6.45) is -0.656. The number of nitrogens with one attached hydrogen (secondary N) is 1. The maximum atomic E-state index is 11.5. The lowest BCUT2D eigenvalue weighted by Gasteiger charge is -2.56. The Labute approximate surface area is 212 Å². The van der Waals surface area contributed by atoms with Gasteiger partial charge >= 0.3 is 6.16 Å². The number of hydrogen-bond acceptors (Lipinski definition) is 5. The molecule has 6 heteroatoms. The largest absolute Gasteiger partial charge is 0.506 e. The third kappa shape index (κ3) is 4.97. The van der Waals surface area contributed by atoms with Crippen molar-refractivity contribution in [3.8, 4) is 5.75 Å². The van der Waals surface area contributed by atoms with E-state index < -0.39 is 6.16 Å². The van der Waals surface area contributed by atoms with E-state index in [0.29, 0.717) is 13.1 Å². The predicted octanol–water partition coefficient (Wildman–Crippen LogP) is 5.06. The second-order valence-corrected chi connectivity index (χ2v) is 9.88. The van der Waals surface area contributed by atoms with Gasteiger partial charge in [-0.3, -0.25) is 4.90 Å². The number of carbonyl (C=O) groups is 1. The third-order valence-electron chi connectivity index (χ3n) is 7.77. The average Bonchev–Trinajstić information content (AvgIpc) is 2.89. The Morgan fingerprint density at radius 2 is 1.72 bits per heavy atom. The van der Waals surface area contributed by atoms with Crippen LogP contribution in [0, 0.1) is 12.8 Å². The molecule has 3 aromatic carbocycles. The van der Waals surface area contributed by atoms with E-state index in [-0.39, 0.29) is 30.0 Å². The lowest BCUT2D eigenvalue weighted by molar-refractivity contribution is -0.0951. The number of carboxylic acid groups (broad SMARTS) is 1. The number of ether oxygens (including phenoxy) is 2. The van der Waals surface area contributed by atoms with Gasteiger partial charge in [0.1, 0.15) is 11.9 Å². The fourth-order valence-electron chi connectivity index (χ4n) is 6.25. The molecule has 0 amide bonds. The van der Waals surface area contributed by atoms with Crippen LogP contribution in [-0.2, 0) is 11.3 Å². The first-order valence-corrected chi connectivity index (χ1v) is 12.7. The van der Waals surface area contributed by atoms with Crippen molar-refractivity contribution < 1.29 is 19.4 Å². The van der Waals surface area contributed by atoms with Gasteiger partial charge in [0, 0.05) is 42.6 Å². The Morgan fingerprint density at radius 1 is 1.06 bits per heavy atom. The Kier molecular flexibility index (Phi) is 7.25. The lowest BCUT2D eigenvalue weighted by Crippen LogP contribution is -2.69. The van der Waals surface area contributed by atoms with Crippen LogP contribution in [0.2, 0.25) is 0 Å². The summed E-state index contributed by atoms with van der Waals surface area (Å²) in [6, 6.07) is 27.7. The van der Waals surface area contributed by atoms with E-state index in [1.54, 1.807) is 7.11 Å². The lowest BCUT2D eigenvalue weighted by atomic mass is 9.69. The number of rotatable bonds is 8. The minimum absolute atomic E-state index is 0.0347. The Balaban J connectivity index is 1.53. The molecule has 3 fully saturated rings. The number of hydrogen-bond donors (Lipinski definition) is 2. The molecule has 5 atom stereocenters. The van der Waals surface area contributed by atoms with Gasteiger partial charge in [-0.25, -0.2) is 4.79 Å². The molecule has 188 valence electrons. The normalized spacial score (nSPS) is 25.0. The number of aryl methyl sites for hydroxylation is 1. The molecule has 3 aromatic rings. The number of benzene rings is 3. The number of fused-ring (bicyclic) bond motifs is 3. The van der Waals surface area contributed by atoms with E-state index in [0.717, 1.165) is 24.3 Å². The maximum Gasteiger partial charge on any atom is 0.506 e. The smallest absolute Gasteiger partial charge is 0.496 e. The van der Waals surface area contributed by atoms with Crippen molar-refractivity contribution in [2.45, 2.75) is 44.0 Å². The van der Waals surface area contributed by atoms with Gasteiger partial charge in [-0.05, 0) is 37.1 Å². The van der Waals surface area contributed by atoms with Crippen LogP contribution in [0.3, 0.4) is 0 Å². The van der Waals surface area contributed by atoms with Crippen molar-refractivity contribution in [2.24, 2.45) is 5.92 Å². The van der Waals surface area contributed by atoms with E-state index >= 15 is 0 Å². The highest BCUT2D eigenvalue weighted by Gasteiger charge is 2.51. The fraction of sp³-hybridized carbons (Fsp3) is 0.367. The zero-order valence-electron chi connectivity index (χ0n) is 20.8. The van der Waals surface area contributed by atoms with Crippen molar-refractivity contribution >= 4 is 6.16 Å². The molecule has 36 heavy (non-hydrogen) atoms. The van der Waals surface area contributed by atoms with Crippen LogP contribution < -0.4 is 10.1 Å². The summed E-state index contributed by atoms with van der Waals surface area (Å²) in [6.45, 7) is 4.25. The molecular weight excluding hydrogens is 452 g/mol. The number of piperidine rings is 3. The molecule has 0 aliphatic carbocycles. The van der Waals surface area contributed by atoms with Crippen LogP contribution in [-0.4, -0.2) is 54.5 Å². The van der Waals surface area contributed by atoms with Crippen molar-refractivity contribution in [1.82, 2.24) is 10.2 Å². The molecule has 2 N–H and O–H groups in total. The zero-order valence-corrected chi connectivity index (χ0v) is 20.8. The van der Waals surface area contributed by atoms with Gasteiger partial charge in [0.05, 0.1) is 7.11 Å². The first kappa shape index (κ1) is 24.3. The summed E-state index contributed by atoms with van der Waals surface area (Å²) in [5.74, 6) is 1.08. The van der Waals surface area contributed by atoms with Gasteiger partial charge in [-0.2, -0.15) is 0 Å². The standard InChI is InChI=1S/C30H34N2O4/c1-20-13-14-25(35-2)23(17-20)18-31-28-24-15-16-32(19-26(24)36-30(33)34)29(28)27(21-9-5-3-6-10-21)22-11-7-4-8-12-22/h3-14,17,24,26-29,31H,15-16,18-19H2,1-2H3,(H,33,34)/t24-,26+,28+,29+/m1/s1. The fourth-order valence-corrected chi connectivity index (χ4v) is 6.25. The SMILES string of the molecule is COc1ccc(C)cc1CN[C@H]1[C@@H]2CCN(C[C@@H]2OC(=O)O)[C@H]1C(c1ccccc1)c1ccccc1. The molecule has 6 nitrogen and oxygen atoms in total. The van der Waals surface area contributed by atoms with Gasteiger partial charge in [0.15, 0.2) is 0 Å². The van der Waals surface area contributed by atoms with Crippen molar-refractivity contribution in [3.63, 3.8) is 0 Å². The summed E-state index contributed by atoms with van der Waals surface area (Å²) in [7, 11) is 1.70. The van der Waals surface area contributed by atoms with Gasteiger partial charge in [0.2, 0.25) is 0 Å². The molecule has 3 aliphatic rings. The highest BCUT2D eigenvalue weighted by atomic mass is 16.7. The van der Waals surface area contributed by atoms with Crippen LogP contribution in [0.15, 0.2) is 78.9 Å². The van der Waals surface area contributed by atoms with Crippen LogP contribution in [0.5, 0.6) is 5.75 Å². The monoisotopic (exact) mass is 486 g/mol. The highest BCUT2D eigenvalue weighted by Crippen LogP contribution is 2.43. The number of nitrogens with zero attached hydrogens (tertiary/aromatic N) is 1. The Bertz CT molecular complexity index is 1130. The highest BCUT2D eigenvalue weighted by molar-refractivity contribution is 5.57. The molecule has 0 saturated carbocycles. The number of methoxy groups -OCH3 is 1. The molecule has 3 heterocycles. The predicted molar refractivity (Wildman–Crippen MR) is 139 cm³/mol.